The fourth-order valence-corrected chi connectivity index (χ4v) is 2.70. The molecule has 0 saturated carbocycles. The van der Waals surface area contributed by atoms with Crippen LogP contribution in [0, 0.1) is 0 Å². The Bertz CT molecular complexity index is 541. The molecule has 2 aliphatic rings. The van der Waals surface area contributed by atoms with Crippen molar-refractivity contribution in [1.82, 2.24) is 4.90 Å². The van der Waals surface area contributed by atoms with E-state index in [4.69, 9.17) is 14.6 Å². The van der Waals surface area contributed by atoms with Gasteiger partial charge in [-0.1, -0.05) is 0 Å². The molecular weight excluding hydrogens is 274 g/mol. The summed E-state index contributed by atoms with van der Waals surface area (Å²) in [4.78, 5) is 14.6. The van der Waals surface area contributed by atoms with Crippen molar-refractivity contribution in [3.63, 3.8) is 0 Å². The minimum Gasteiger partial charge on any atom is -0.497 e. The van der Waals surface area contributed by atoms with Gasteiger partial charge in [0.1, 0.15) is 12.4 Å². The van der Waals surface area contributed by atoms with E-state index in [1.807, 2.05) is 12.1 Å². The standard InChI is InChI=1S/C14H19N3O4/c1-20-10-8-11-13(21-7-2-15-11)12(9-10)16-3-5-17(6-4-16)14(18)19/h8-9,15H,2-7H2,1H3,(H,18,19). The summed E-state index contributed by atoms with van der Waals surface area (Å²) in [6.45, 7) is 3.68. The van der Waals surface area contributed by atoms with Gasteiger partial charge < -0.3 is 29.7 Å². The molecule has 1 fully saturated rings. The third-order valence-corrected chi connectivity index (χ3v) is 3.83. The van der Waals surface area contributed by atoms with E-state index in [-0.39, 0.29) is 0 Å². The molecule has 21 heavy (non-hydrogen) atoms. The molecule has 0 aliphatic carbocycles. The monoisotopic (exact) mass is 293 g/mol. The molecule has 3 rings (SSSR count). The predicted molar refractivity (Wildman–Crippen MR) is 78.8 cm³/mol. The molecule has 1 saturated heterocycles. The van der Waals surface area contributed by atoms with Gasteiger partial charge in [0.05, 0.1) is 18.5 Å². The van der Waals surface area contributed by atoms with Crippen molar-refractivity contribution in [2.45, 2.75) is 0 Å². The molecule has 2 heterocycles. The Hall–Kier alpha value is -2.31. The SMILES string of the molecule is COc1cc2c(c(N3CCN(C(=O)O)CC3)c1)OCCN2. The second-order valence-electron chi connectivity index (χ2n) is 5.06. The molecule has 114 valence electrons. The molecule has 2 N–H and O–H groups in total. The van der Waals surface area contributed by atoms with Crippen LogP contribution in [0.3, 0.4) is 0 Å². The number of nitrogens with one attached hydrogen (secondary N) is 1. The number of carboxylic acid groups (broad SMARTS) is 1. The van der Waals surface area contributed by atoms with E-state index in [0.717, 1.165) is 29.4 Å². The largest absolute Gasteiger partial charge is 0.497 e. The summed E-state index contributed by atoms with van der Waals surface area (Å²) in [6, 6.07) is 3.87. The van der Waals surface area contributed by atoms with Crippen molar-refractivity contribution in [1.29, 1.82) is 0 Å². The third-order valence-electron chi connectivity index (χ3n) is 3.83. The molecule has 0 unspecified atom stereocenters. The third kappa shape index (κ3) is 2.63. The minimum absolute atomic E-state index is 0.495. The normalized spacial score (nSPS) is 17.6. The highest BCUT2D eigenvalue weighted by molar-refractivity contribution is 5.76. The van der Waals surface area contributed by atoms with Crippen LogP contribution in [0.2, 0.25) is 0 Å². The first kappa shape index (κ1) is 13.7. The van der Waals surface area contributed by atoms with Crippen LogP contribution in [0.1, 0.15) is 0 Å². The highest BCUT2D eigenvalue weighted by atomic mass is 16.5. The van der Waals surface area contributed by atoms with Crippen LogP contribution in [-0.2, 0) is 0 Å². The van der Waals surface area contributed by atoms with Gasteiger partial charge in [0.25, 0.3) is 0 Å². The summed E-state index contributed by atoms with van der Waals surface area (Å²) in [6.07, 6.45) is -0.861. The summed E-state index contributed by atoms with van der Waals surface area (Å²) in [5.74, 6) is 1.59. The highest BCUT2D eigenvalue weighted by Gasteiger charge is 2.25. The summed E-state index contributed by atoms with van der Waals surface area (Å²) in [7, 11) is 1.64. The summed E-state index contributed by atoms with van der Waals surface area (Å²) >= 11 is 0. The van der Waals surface area contributed by atoms with E-state index in [1.54, 1.807) is 7.11 Å². The number of methoxy groups -OCH3 is 1. The lowest BCUT2D eigenvalue weighted by Gasteiger charge is -2.36. The molecule has 0 radical (unpaired) electrons. The van der Waals surface area contributed by atoms with E-state index >= 15 is 0 Å². The number of rotatable bonds is 2. The van der Waals surface area contributed by atoms with Gasteiger partial charge in [-0.3, -0.25) is 0 Å². The summed E-state index contributed by atoms with van der Waals surface area (Å²) in [5.41, 5.74) is 1.89. The molecule has 0 bridgehead atoms. The predicted octanol–water partition coefficient (Wildman–Crippen LogP) is 1.30. The first-order chi connectivity index (χ1) is 10.2. The molecule has 7 heteroatoms. The number of piperazine rings is 1. The maximum Gasteiger partial charge on any atom is 0.407 e. The highest BCUT2D eigenvalue weighted by Crippen LogP contribution is 2.41. The van der Waals surface area contributed by atoms with Gasteiger partial charge in [-0.05, 0) is 0 Å². The topological polar surface area (TPSA) is 74.3 Å². The summed E-state index contributed by atoms with van der Waals surface area (Å²) in [5, 5.41) is 12.3. The smallest absolute Gasteiger partial charge is 0.407 e. The summed E-state index contributed by atoms with van der Waals surface area (Å²) < 4.78 is 11.1. The Labute approximate surface area is 123 Å². The Morgan fingerprint density at radius 1 is 1.33 bits per heavy atom. The number of hydrogen-bond donors (Lipinski definition) is 2. The number of ether oxygens (including phenoxy) is 2. The van der Waals surface area contributed by atoms with Gasteiger partial charge in [0, 0.05) is 44.9 Å². The fourth-order valence-electron chi connectivity index (χ4n) is 2.70. The lowest BCUT2D eigenvalue weighted by molar-refractivity contribution is 0.142. The number of anilines is 2. The van der Waals surface area contributed by atoms with Gasteiger partial charge in [-0.25, -0.2) is 4.79 Å². The van der Waals surface area contributed by atoms with Crippen LogP contribution < -0.4 is 19.7 Å². The number of carbonyl (C=O) groups is 1. The van der Waals surface area contributed by atoms with Gasteiger partial charge in [0.15, 0.2) is 5.75 Å². The zero-order valence-electron chi connectivity index (χ0n) is 12.0. The van der Waals surface area contributed by atoms with Crippen molar-refractivity contribution in [3.8, 4) is 11.5 Å². The lowest BCUT2D eigenvalue weighted by atomic mass is 10.1. The van der Waals surface area contributed by atoms with Crippen molar-refractivity contribution < 1.29 is 19.4 Å². The maximum absolute atomic E-state index is 11.0. The van der Waals surface area contributed by atoms with Crippen LogP contribution in [-0.4, -0.2) is 62.5 Å². The van der Waals surface area contributed by atoms with Crippen molar-refractivity contribution in [2.24, 2.45) is 0 Å². The molecule has 0 atom stereocenters. The van der Waals surface area contributed by atoms with Gasteiger partial charge >= 0.3 is 6.09 Å². The Balaban J connectivity index is 1.86. The zero-order chi connectivity index (χ0) is 14.8. The molecule has 0 aromatic heterocycles. The average Bonchev–Trinajstić information content (AvgIpc) is 2.53. The lowest BCUT2D eigenvalue weighted by Crippen LogP contribution is -2.48. The van der Waals surface area contributed by atoms with Gasteiger partial charge in [-0.2, -0.15) is 0 Å². The van der Waals surface area contributed by atoms with Gasteiger partial charge in [0.2, 0.25) is 0 Å². The Kier molecular flexibility index (Phi) is 3.64. The van der Waals surface area contributed by atoms with Crippen molar-refractivity contribution >= 4 is 17.5 Å². The van der Waals surface area contributed by atoms with E-state index in [0.29, 0.717) is 32.8 Å². The van der Waals surface area contributed by atoms with E-state index in [1.165, 1.54) is 4.90 Å². The number of fused-ring (bicyclic) bond motifs is 1. The van der Waals surface area contributed by atoms with Gasteiger partial charge in [-0.15, -0.1) is 0 Å². The van der Waals surface area contributed by atoms with E-state index < -0.39 is 6.09 Å². The fraction of sp³-hybridized carbons (Fsp3) is 0.500. The van der Waals surface area contributed by atoms with Crippen LogP contribution >= 0.6 is 0 Å². The average molecular weight is 293 g/mol. The van der Waals surface area contributed by atoms with Crippen LogP contribution in [0.15, 0.2) is 12.1 Å². The molecule has 1 amide bonds. The molecule has 2 aliphatic heterocycles. The van der Waals surface area contributed by atoms with Crippen molar-refractivity contribution in [3.05, 3.63) is 12.1 Å². The zero-order valence-corrected chi connectivity index (χ0v) is 12.0. The molecule has 1 aromatic rings. The number of nitrogens with zero attached hydrogens (tertiary/aromatic N) is 2. The first-order valence-corrected chi connectivity index (χ1v) is 7.00. The second kappa shape index (κ2) is 5.59. The minimum atomic E-state index is -0.861. The number of hydrogen-bond acceptors (Lipinski definition) is 5. The maximum atomic E-state index is 11.0. The van der Waals surface area contributed by atoms with Crippen LogP contribution in [0.5, 0.6) is 11.5 Å². The van der Waals surface area contributed by atoms with Crippen LogP contribution in [0.25, 0.3) is 0 Å². The quantitative estimate of drug-likeness (QED) is 0.856. The number of benzene rings is 1. The van der Waals surface area contributed by atoms with E-state index in [9.17, 15) is 4.79 Å². The van der Waals surface area contributed by atoms with Crippen LogP contribution in [0.4, 0.5) is 16.2 Å². The Morgan fingerprint density at radius 2 is 2.10 bits per heavy atom. The second-order valence-corrected chi connectivity index (χ2v) is 5.06. The first-order valence-electron chi connectivity index (χ1n) is 7.00. The van der Waals surface area contributed by atoms with Crippen molar-refractivity contribution in [2.75, 3.05) is 56.7 Å². The molecule has 0 spiro atoms. The Morgan fingerprint density at radius 3 is 2.76 bits per heavy atom. The van der Waals surface area contributed by atoms with E-state index in [2.05, 4.69) is 10.2 Å². The molecule has 7 nitrogen and oxygen atoms in total. The molecular formula is C14H19N3O4. The molecule has 1 aromatic carbocycles. The number of amides is 1.